The van der Waals surface area contributed by atoms with Gasteiger partial charge in [-0.05, 0) is 31.5 Å². The zero-order valence-electron chi connectivity index (χ0n) is 11.2. The third kappa shape index (κ3) is 2.94. The van der Waals surface area contributed by atoms with Crippen LogP contribution in [0.5, 0.6) is 0 Å². The lowest BCUT2D eigenvalue weighted by atomic mass is 10.1. The maximum absolute atomic E-state index is 9.47. The minimum atomic E-state index is -0.797. The van der Waals surface area contributed by atoms with Crippen LogP contribution in [-0.4, -0.2) is 32.7 Å². The van der Waals surface area contributed by atoms with Gasteiger partial charge in [0.05, 0.1) is 24.9 Å². The number of rotatable bonds is 4. The van der Waals surface area contributed by atoms with E-state index >= 15 is 0 Å². The molecule has 0 fully saturated rings. The molecule has 102 valence electrons. The van der Waals surface area contributed by atoms with Crippen LogP contribution in [0.25, 0.3) is 11.3 Å². The minimum absolute atomic E-state index is 0.272. The van der Waals surface area contributed by atoms with Gasteiger partial charge in [0.15, 0.2) is 0 Å². The summed E-state index contributed by atoms with van der Waals surface area (Å²) in [5, 5.41) is 22.8. The van der Waals surface area contributed by atoms with Gasteiger partial charge in [-0.15, -0.1) is 0 Å². The van der Waals surface area contributed by atoms with Crippen LogP contribution in [0.2, 0.25) is 0 Å². The lowest BCUT2D eigenvalue weighted by Crippen LogP contribution is -2.21. The van der Waals surface area contributed by atoms with Gasteiger partial charge in [-0.2, -0.15) is 5.10 Å². The average molecular weight is 261 g/mol. The molecule has 1 heterocycles. The first kappa shape index (κ1) is 13.6. The smallest absolute Gasteiger partial charge is 0.0966 e. The number of nitrogen functional groups attached to an aromatic ring is 1. The van der Waals surface area contributed by atoms with E-state index in [1.165, 1.54) is 0 Å². The van der Waals surface area contributed by atoms with Gasteiger partial charge in [0.25, 0.3) is 0 Å². The SMILES string of the molecule is Cc1ccc(-c2cc(C)n(C[C@H](O)CO)n2)cc1N. The Morgan fingerprint density at radius 2 is 2.05 bits per heavy atom. The van der Waals surface area contributed by atoms with E-state index in [9.17, 15) is 5.11 Å². The van der Waals surface area contributed by atoms with Crippen molar-refractivity contribution in [3.05, 3.63) is 35.5 Å². The molecule has 5 heteroatoms. The quantitative estimate of drug-likeness (QED) is 0.720. The van der Waals surface area contributed by atoms with Crippen LogP contribution in [0.15, 0.2) is 24.3 Å². The number of nitrogens with two attached hydrogens (primary N) is 1. The maximum Gasteiger partial charge on any atom is 0.0966 e. The van der Waals surface area contributed by atoms with E-state index in [0.717, 1.165) is 28.2 Å². The Labute approximate surface area is 112 Å². The highest BCUT2D eigenvalue weighted by Gasteiger charge is 2.10. The molecule has 2 aromatic rings. The molecule has 0 aliphatic carbocycles. The highest BCUT2D eigenvalue weighted by molar-refractivity contribution is 5.66. The highest BCUT2D eigenvalue weighted by Crippen LogP contribution is 2.23. The summed E-state index contributed by atoms with van der Waals surface area (Å²) < 4.78 is 1.69. The molecule has 0 saturated carbocycles. The summed E-state index contributed by atoms with van der Waals surface area (Å²) in [6.45, 7) is 3.88. The molecule has 0 radical (unpaired) electrons. The van der Waals surface area contributed by atoms with Crippen molar-refractivity contribution in [1.29, 1.82) is 0 Å². The standard InChI is InChI=1S/C14H19N3O2/c1-9-3-4-11(6-13(9)15)14-5-10(2)17(16-14)7-12(19)8-18/h3-6,12,18-19H,7-8,15H2,1-2H3/t12-/m0/s1. The molecule has 5 nitrogen and oxygen atoms in total. The molecule has 0 unspecified atom stereocenters. The molecule has 1 aromatic heterocycles. The second kappa shape index (κ2) is 5.42. The first-order valence-electron chi connectivity index (χ1n) is 6.21. The van der Waals surface area contributed by atoms with Gasteiger partial charge < -0.3 is 15.9 Å². The molecule has 1 aromatic carbocycles. The Morgan fingerprint density at radius 1 is 1.32 bits per heavy atom. The molecule has 1 atom stereocenters. The topological polar surface area (TPSA) is 84.3 Å². The molecular formula is C14H19N3O2. The zero-order valence-corrected chi connectivity index (χ0v) is 11.2. The van der Waals surface area contributed by atoms with Crippen LogP contribution >= 0.6 is 0 Å². The van der Waals surface area contributed by atoms with Crippen molar-refractivity contribution in [1.82, 2.24) is 9.78 Å². The molecule has 0 aliphatic rings. The molecular weight excluding hydrogens is 242 g/mol. The number of nitrogens with zero attached hydrogens (tertiary/aromatic N) is 2. The van der Waals surface area contributed by atoms with Crippen molar-refractivity contribution in [2.45, 2.75) is 26.5 Å². The van der Waals surface area contributed by atoms with E-state index in [-0.39, 0.29) is 13.2 Å². The summed E-state index contributed by atoms with van der Waals surface area (Å²) in [7, 11) is 0. The molecule has 2 rings (SSSR count). The van der Waals surface area contributed by atoms with Gasteiger partial charge >= 0.3 is 0 Å². The van der Waals surface area contributed by atoms with Crippen LogP contribution in [-0.2, 0) is 6.54 Å². The maximum atomic E-state index is 9.47. The summed E-state index contributed by atoms with van der Waals surface area (Å²) >= 11 is 0. The van der Waals surface area contributed by atoms with Gasteiger partial charge in [0.2, 0.25) is 0 Å². The number of benzene rings is 1. The molecule has 19 heavy (non-hydrogen) atoms. The third-order valence-corrected chi connectivity index (χ3v) is 3.15. The number of hydrogen-bond acceptors (Lipinski definition) is 4. The molecule has 0 amide bonds. The van der Waals surface area contributed by atoms with Gasteiger partial charge in [0, 0.05) is 16.9 Å². The van der Waals surface area contributed by atoms with Gasteiger partial charge in [-0.25, -0.2) is 0 Å². The fraction of sp³-hybridized carbons (Fsp3) is 0.357. The van der Waals surface area contributed by atoms with Crippen molar-refractivity contribution >= 4 is 5.69 Å². The number of anilines is 1. The first-order valence-corrected chi connectivity index (χ1v) is 6.21. The Bertz CT molecular complexity index is 578. The zero-order chi connectivity index (χ0) is 14.0. The minimum Gasteiger partial charge on any atom is -0.398 e. The number of aromatic nitrogens is 2. The van der Waals surface area contributed by atoms with Crippen molar-refractivity contribution in [3.8, 4) is 11.3 Å². The van der Waals surface area contributed by atoms with Crippen molar-refractivity contribution in [2.75, 3.05) is 12.3 Å². The Kier molecular flexibility index (Phi) is 3.87. The monoisotopic (exact) mass is 261 g/mol. The van der Waals surface area contributed by atoms with E-state index in [1.807, 2.05) is 38.1 Å². The summed E-state index contributed by atoms with van der Waals surface area (Å²) in [6, 6.07) is 7.76. The number of aliphatic hydroxyl groups excluding tert-OH is 2. The molecule has 0 aliphatic heterocycles. The average Bonchev–Trinajstić information content (AvgIpc) is 2.74. The molecule has 0 bridgehead atoms. The lowest BCUT2D eigenvalue weighted by molar-refractivity contribution is 0.0778. The van der Waals surface area contributed by atoms with Crippen LogP contribution < -0.4 is 5.73 Å². The fourth-order valence-corrected chi connectivity index (χ4v) is 1.89. The largest absolute Gasteiger partial charge is 0.398 e. The second-order valence-electron chi connectivity index (χ2n) is 4.76. The number of aryl methyl sites for hydroxylation is 2. The van der Waals surface area contributed by atoms with Gasteiger partial charge in [-0.1, -0.05) is 12.1 Å². The fourth-order valence-electron chi connectivity index (χ4n) is 1.89. The summed E-state index contributed by atoms with van der Waals surface area (Å²) in [6.07, 6.45) is -0.797. The van der Waals surface area contributed by atoms with E-state index in [1.54, 1.807) is 4.68 Å². The normalized spacial score (nSPS) is 12.6. The van der Waals surface area contributed by atoms with Crippen LogP contribution in [0.1, 0.15) is 11.3 Å². The molecule has 4 N–H and O–H groups in total. The molecule has 0 saturated heterocycles. The Morgan fingerprint density at radius 3 is 2.68 bits per heavy atom. The van der Waals surface area contributed by atoms with Crippen LogP contribution in [0.4, 0.5) is 5.69 Å². The predicted molar refractivity (Wildman–Crippen MR) is 74.6 cm³/mol. The van der Waals surface area contributed by atoms with Gasteiger partial charge in [0.1, 0.15) is 0 Å². The van der Waals surface area contributed by atoms with Crippen molar-refractivity contribution < 1.29 is 10.2 Å². The van der Waals surface area contributed by atoms with E-state index in [4.69, 9.17) is 10.8 Å². The number of hydrogen-bond donors (Lipinski definition) is 3. The van der Waals surface area contributed by atoms with Gasteiger partial charge in [-0.3, -0.25) is 4.68 Å². The van der Waals surface area contributed by atoms with E-state index in [2.05, 4.69) is 5.10 Å². The summed E-state index contributed by atoms with van der Waals surface area (Å²) in [5.74, 6) is 0. The second-order valence-corrected chi connectivity index (χ2v) is 4.76. The summed E-state index contributed by atoms with van der Waals surface area (Å²) in [5.41, 5.74) is 10.4. The lowest BCUT2D eigenvalue weighted by Gasteiger charge is -2.08. The van der Waals surface area contributed by atoms with E-state index < -0.39 is 6.10 Å². The van der Waals surface area contributed by atoms with Crippen molar-refractivity contribution in [3.63, 3.8) is 0 Å². The van der Waals surface area contributed by atoms with Crippen LogP contribution in [0, 0.1) is 13.8 Å². The Balaban J connectivity index is 2.30. The highest BCUT2D eigenvalue weighted by atomic mass is 16.3. The predicted octanol–water partition coefficient (Wildman–Crippen LogP) is 1.10. The third-order valence-electron chi connectivity index (χ3n) is 3.15. The van der Waals surface area contributed by atoms with Crippen LogP contribution in [0.3, 0.4) is 0 Å². The number of aliphatic hydroxyl groups is 2. The Hall–Kier alpha value is -1.85. The van der Waals surface area contributed by atoms with E-state index in [0.29, 0.717) is 0 Å². The first-order chi connectivity index (χ1) is 9.01. The summed E-state index contributed by atoms with van der Waals surface area (Å²) in [4.78, 5) is 0. The molecule has 0 spiro atoms. The van der Waals surface area contributed by atoms with Crippen molar-refractivity contribution in [2.24, 2.45) is 0 Å².